The van der Waals surface area contributed by atoms with Gasteiger partial charge in [0.25, 0.3) is 5.91 Å². The average Bonchev–Trinajstić information content (AvgIpc) is 2.89. The standard InChI is InChI=1S/C29H46N4O3/c1-4-31(5-2)20-21-32(29(36)24-16-18-25(19-17-24)30-23(3)34)22-28(35)33(26-12-8-6-9-13-26)27-14-10-7-11-15-27/h16-19,26-27H,4-15,20-22H2,1-3H3,(H,30,34)/p+1. The summed E-state index contributed by atoms with van der Waals surface area (Å²) in [7, 11) is 0. The lowest BCUT2D eigenvalue weighted by molar-refractivity contribution is -0.895. The predicted molar refractivity (Wildman–Crippen MR) is 144 cm³/mol. The second-order valence-corrected chi connectivity index (χ2v) is 10.6. The van der Waals surface area contributed by atoms with Gasteiger partial charge >= 0.3 is 0 Å². The highest BCUT2D eigenvalue weighted by molar-refractivity contribution is 5.97. The van der Waals surface area contributed by atoms with Crippen molar-refractivity contribution >= 4 is 23.4 Å². The molecule has 3 rings (SSSR count). The first kappa shape index (κ1) is 28.2. The monoisotopic (exact) mass is 499 g/mol. The molecule has 200 valence electrons. The quantitative estimate of drug-likeness (QED) is 0.489. The maximum atomic E-state index is 13.9. The molecule has 0 spiro atoms. The SMILES string of the molecule is CC[NH+](CC)CCN(CC(=O)N(C1CCCCC1)C1CCCCC1)C(=O)c1ccc(NC(C)=O)cc1. The molecule has 1 aromatic carbocycles. The van der Waals surface area contributed by atoms with Crippen LogP contribution in [0.25, 0.3) is 0 Å². The van der Waals surface area contributed by atoms with Crippen molar-refractivity contribution in [2.45, 2.75) is 97.1 Å². The lowest BCUT2D eigenvalue weighted by Crippen LogP contribution is -3.12. The lowest BCUT2D eigenvalue weighted by atomic mass is 9.88. The molecule has 2 aliphatic carbocycles. The van der Waals surface area contributed by atoms with Gasteiger partial charge in [-0.15, -0.1) is 0 Å². The number of rotatable bonds is 11. The number of amides is 3. The van der Waals surface area contributed by atoms with Crippen LogP contribution in [0, 0.1) is 0 Å². The molecular weight excluding hydrogens is 452 g/mol. The van der Waals surface area contributed by atoms with Crippen LogP contribution in [0.1, 0.15) is 95.3 Å². The Kier molecular flexibility index (Phi) is 11.2. The summed E-state index contributed by atoms with van der Waals surface area (Å²) in [5.74, 6) is -0.142. The van der Waals surface area contributed by atoms with Crippen molar-refractivity contribution in [2.75, 3.05) is 38.0 Å². The molecule has 0 heterocycles. The fraction of sp³-hybridized carbons (Fsp3) is 0.690. The van der Waals surface area contributed by atoms with Gasteiger partial charge in [0, 0.05) is 30.3 Å². The van der Waals surface area contributed by atoms with Gasteiger partial charge in [0.05, 0.1) is 26.2 Å². The van der Waals surface area contributed by atoms with E-state index in [-0.39, 0.29) is 24.3 Å². The molecule has 2 aliphatic rings. The molecule has 3 amide bonds. The van der Waals surface area contributed by atoms with Gasteiger partial charge in [-0.25, -0.2) is 0 Å². The number of carbonyl (C=O) groups is 3. The van der Waals surface area contributed by atoms with Gasteiger partial charge in [-0.3, -0.25) is 14.4 Å². The molecule has 0 saturated heterocycles. The van der Waals surface area contributed by atoms with Crippen LogP contribution in [-0.2, 0) is 9.59 Å². The van der Waals surface area contributed by atoms with Crippen molar-refractivity contribution in [2.24, 2.45) is 0 Å². The Hall–Kier alpha value is -2.41. The number of hydrogen-bond donors (Lipinski definition) is 2. The minimum atomic E-state index is -0.144. The van der Waals surface area contributed by atoms with E-state index in [0.717, 1.165) is 45.3 Å². The van der Waals surface area contributed by atoms with Crippen LogP contribution >= 0.6 is 0 Å². The zero-order chi connectivity index (χ0) is 25.9. The van der Waals surface area contributed by atoms with Crippen molar-refractivity contribution in [1.29, 1.82) is 0 Å². The van der Waals surface area contributed by atoms with Gasteiger partial charge < -0.3 is 20.0 Å². The number of anilines is 1. The van der Waals surface area contributed by atoms with Crippen molar-refractivity contribution in [3.05, 3.63) is 29.8 Å². The first-order valence-electron chi connectivity index (χ1n) is 14.2. The Labute approximate surface area is 217 Å². The topological polar surface area (TPSA) is 74.2 Å². The Morgan fingerprint density at radius 1 is 0.861 bits per heavy atom. The molecule has 0 aromatic heterocycles. The Bertz CT molecular complexity index is 823. The Morgan fingerprint density at radius 3 is 1.86 bits per heavy atom. The smallest absolute Gasteiger partial charge is 0.254 e. The number of nitrogens with one attached hydrogen (secondary N) is 2. The van der Waals surface area contributed by atoms with Crippen LogP contribution < -0.4 is 10.2 Å². The molecule has 2 fully saturated rings. The first-order chi connectivity index (χ1) is 17.4. The third-order valence-corrected chi connectivity index (χ3v) is 8.02. The average molecular weight is 500 g/mol. The summed E-state index contributed by atoms with van der Waals surface area (Å²) in [5, 5.41) is 2.75. The molecule has 7 nitrogen and oxygen atoms in total. The summed E-state index contributed by atoms with van der Waals surface area (Å²) < 4.78 is 0. The summed E-state index contributed by atoms with van der Waals surface area (Å²) >= 11 is 0. The second kappa shape index (κ2) is 14.4. The van der Waals surface area contributed by atoms with Crippen LogP contribution in [0.4, 0.5) is 5.69 Å². The lowest BCUT2D eigenvalue weighted by Gasteiger charge is -2.42. The maximum absolute atomic E-state index is 13.9. The summed E-state index contributed by atoms with van der Waals surface area (Å²) in [6.45, 7) is 9.28. The molecule has 1 aromatic rings. The highest BCUT2D eigenvalue weighted by atomic mass is 16.2. The number of quaternary nitrogens is 1. The van der Waals surface area contributed by atoms with E-state index in [1.807, 2.05) is 0 Å². The van der Waals surface area contributed by atoms with Gasteiger partial charge in [0.1, 0.15) is 6.54 Å². The highest BCUT2D eigenvalue weighted by Gasteiger charge is 2.34. The number of likely N-dealkylation sites (N-methyl/N-ethyl adjacent to an activating group) is 1. The molecule has 7 heteroatoms. The zero-order valence-corrected chi connectivity index (χ0v) is 22.7. The fourth-order valence-electron chi connectivity index (χ4n) is 5.90. The number of nitrogens with zero attached hydrogens (tertiary/aromatic N) is 2. The van der Waals surface area contributed by atoms with E-state index in [2.05, 4.69) is 24.1 Å². The zero-order valence-electron chi connectivity index (χ0n) is 22.7. The summed E-state index contributed by atoms with van der Waals surface area (Å²) in [5.41, 5.74) is 1.21. The van der Waals surface area contributed by atoms with Crippen LogP contribution in [-0.4, -0.2) is 72.3 Å². The van der Waals surface area contributed by atoms with Gasteiger partial charge in [-0.05, 0) is 63.8 Å². The van der Waals surface area contributed by atoms with Crippen molar-refractivity contribution in [3.8, 4) is 0 Å². The largest absolute Gasteiger partial charge is 0.335 e. The van der Waals surface area contributed by atoms with E-state index in [1.54, 1.807) is 29.2 Å². The molecule has 2 saturated carbocycles. The number of hydrogen-bond acceptors (Lipinski definition) is 3. The van der Waals surface area contributed by atoms with Crippen LogP contribution in [0.15, 0.2) is 24.3 Å². The summed E-state index contributed by atoms with van der Waals surface area (Å²) in [4.78, 5) is 44.3. The van der Waals surface area contributed by atoms with Gasteiger partial charge in [-0.2, -0.15) is 0 Å². The molecule has 0 unspecified atom stereocenters. The minimum absolute atomic E-state index is 0.114. The number of benzene rings is 1. The molecule has 36 heavy (non-hydrogen) atoms. The van der Waals surface area contributed by atoms with Crippen LogP contribution in [0.5, 0.6) is 0 Å². The fourth-order valence-corrected chi connectivity index (χ4v) is 5.90. The molecule has 0 aliphatic heterocycles. The van der Waals surface area contributed by atoms with E-state index in [9.17, 15) is 14.4 Å². The van der Waals surface area contributed by atoms with Crippen molar-refractivity contribution < 1.29 is 19.3 Å². The van der Waals surface area contributed by atoms with Crippen LogP contribution in [0.2, 0.25) is 0 Å². The second-order valence-electron chi connectivity index (χ2n) is 10.6. The van der Waals surface area contributed by atoms with Gasteiger partial charge in [-0.1, -0.05) is 38.5 Å². The van der Waals surface area contributed by atoms with Gasteiger partial charge in [0.2, 0.25) is 11.8 Å². The maximum Gasteiger partial charge on any atom is 0.254 e. The minimum Gasteiger partial charge on any atom is -0.335 e. The third kappa shape index (κ3) is 8.05. The first-order valence-corrected chi connectivity index (χ1v) is 14.2. The Morgan fingerprint density at radius 2 is 1.39 bits per heavy atom. The summed E-state index contributed by atoms with van der Waals surface area (Å²) in [6, 6.07) is 7.62. The predicted octanol–water partition coefficient (Wildman–Crippen LogP) is 3.51. The molecule has 2 N–H and O–H groups in total. The Balaban J connectivity index is 1.79. The van der Waals surface area contributed by atoms with Gasteiger partial charge in [0.15, 0.2) is 0 Å². The molecule has 0 bridgehead atoms. The van der Waals surface area contributed by atoms with Crippen molar-refractivity contribution in [1.82, 2.24) is 9.80 Å². The van der Waals surface area contributed by atoms with Crippen molar-refractivity contribution in [3.63, 3.8) is 0 Å². The van der Waals surface area contributed by atoms with E-state index in [4.69, 9.17) is 0 Å². The van der Waals surface area contributed by atoms with Crippen LogP contribution in [0.3, 0.4) is 0 Å². The number of carbonyl (C=O) groups excluding carboxylic acids is 3. The third-order valence-electron chi connectivity index (χ3n) is 8.02. The van der Waals surface area contributed by atoms with E-state index in [0.29, 0.717) is 29.9 Å². The highest BCUT2D eigenvalue weighted by Crippen LogP contribution is 2.30. The van der Waals surface area contributed by atoms with E-state index >= 15 is 0 Å². The molecular formula is C29H47N4O3+. The van der Waals surface area contributed by atoms with E-state index in [1.165, 1.54) is 50.3 Å². The molecule has 0 atom stereocenters. The normalized spacial score (nSPS) is 17.1. The molecule has 0 radical (unpaired) electrons. The summed E-state index contributed by atoms with van der Waals surface area (Å²) in [6.07, 6.45) is 11.6. The van der Waals surface area contributed by atoms with E-state index < -0.39 is 0 Å².